The number of fused-ring (bicyclic) bond motifs is 1. The molecule has 30 heavy (non-hydrogen) atoms. The van der Waals surface area contributed by atoms with Crippen LogP contribution in [0.4, 0.5) is 19.1 Å². The fourth-order valence-electron chi connectivity index (χ4n) is 3.67. The number of anilines is 1. The Morgan fingerprint density at radius 3 is 2.43 bits per heavy atom. The van der Waals surface area contributed by atoms with Crippen LogP contribution in [-0.4, -0.2) is 58.3 Å². The van der Waals surface area contributed by atoms with E-state index in [0.717, 1.165) is 51.5 Å². The lowest BCUT2D eigenvalue weighted by Gasteiger charge is -2.18. The van der Waals surface area contributed by atoms with Crippen molar-refractivity contribution in [3.05, 3.63) is 39.3 Å². The first-order chi connectivity index (χ1) is 14.2. The molecule has 2 aliphatic rings. The van der Waals surface area contributed by atoms with Crippen molar-refractivity contribution in [1.82, 2.24) is 14.9 Å². The van der Waals surface area contributed by atoms with Crippen LogP contribution in [0.3, 0.4) is 0 Å². The van der Waals surface area contributed by atoms with Gasteiger partial charge < -0.3 is 10.0 Å². The molecule has 164 valence electrons. The first kappa shape index (κ1) is 22.5. The van der Waals surface area contributed by atoms with E-state index in [1.54, 1.807) is 11.3 Å². The van der Waals surface area contributed by atoms with E-state index in [1.165, 1.54) is 35.4 Å². The Kier molecular flexibility index (Phi) is 7.30. The third-order valence-electron chi connectivity index (χ3n) is 5.25. The molecule has 1 fully saturated rings. The van der Waals surface area contributed by atoms with Gasteiger partial charge in [-0.1, -0.05) is 0 Å². The highest BCUT2D eigenvalue weighted by molar-refractivity contribution is 7.07. The first-order valence-electron chi connectivity index (χ1n) is 9.89. The summed E-state index contributed by atoms with van der Waals surface area (Å²) in [5.41, 5.74) is 5.30. The number of carboxylic acid groups (broad SMARTS) is 1. The van der Waals surface area contributed by atoms with Crippen molar-refractivity contribution in [2.75, 3.05) is 31.1 Å². The average molecular weight is 443 g/mol. The molecule has 0 unspecified atom stereocenters. The zero-order valence-electron chi connectivity index (χ0n) is 16.8. The number of alkyl halides is 3. The maximum atomic E-state index is 10.6. The van der Waals surface area contributed by atoms with Crippen LogP contribution >= 0.6 is 11.3 Å². The summed E-state index contributed by atoms with van der Waals surface area (Å²) >= 11 is 1.78. The van der Waals surface area contributed by atoms with Crippen LogP contribution < -0.4 is 4.90 Å². The molecule has 2 aromatic heterocycles. The normalized spacial score (nSPS) is 17.1. The average Bonchev–Trinajstić information content (AvgIpc) is 3.35. The second-order valence-electron chi connectivity index (χ2n) is 7.44. The van der Waals surface area contributed by atoms with Crippen LogP contribution in [0.25, 0.3) is 0 Å². The zero-order chi connectivity index (χ0) is 21.7. The van der Waals surface area contributed by atoms with Crippen molar-refractivity contribution in [3.8, 4) is 0 Å². The minimum Gasteiger partial charge on any atom is -0.475 e. The van der Waals surface area contributed by atoms with Gasteiger partial charge in [-0.3, -0.25) is 4.90 Å². The summed E-state index contributed by atoms with van der Waals surface area (Å²) < 4.78 is 31.7. The summed E-state index contributed by atoms with van der Waals surface area (Å²) in [6.45, 7) is 7.65. The first-order valence-corrected chi connectivity index (χ1v) is 10.8. The highest BCUT2D eigenvalue weighted by atomic mass is 32.1. The molecule has 1 saturated heterocycles. The number of carboxylic acids is 1. The molecule has 0 atom stereocenters. The van der Waals surface area contributed by atoms with E-state index in [0.29, 0.717) is 0 Å². The van der Waals surface area contributed by atoms with E-state index in [4.69, 9.17) is 19.9 Å². The van der Waals surface area contributed by atoms with Crippen molar-refractivity contribution in [1.29, 1.82) is 0 Å². The molecule has 0 spiro atoms. The maximum Gasteiger partial charge on any atom is 0.490 e. The summed E-state index contributed by atoms with van der Waals surface area (Å²) in [5, 5.41) is 11.6. The minimum absolute atomic E-state index is 0.963. The molecule has 4 heterocycles. The summed E-state index contributed by atoms with van der Waals surface area (Å²) in [6, 6.07) is 2.24. The number of thiophene rings is 1. The lowest BCUT2D eigenvalue weighted by atomic mass is 10.1. The van der Waals surface area contributed by atoms with Gasteiger partial charge in [0.25, 0.3) is 0 Å². The van der Waals surface area contributed by atoms with Crippen LogP contribution in [0.2, 0.25) is 0 Å². The molecule has 0 aromatic carbocycles. The number of hydrogen-bond acceptors (Lipinski definition) is 6. The molecule has 0 radical (unpaired) electrons. The number of nitrogens with zero attached hydrogens (tertiary/aromatic N) is 4. The van der Waals surface area contributed by atoms with Crippen molar-refractivity contribution >= 4 is 23.3 Å². The Hall–Kier alpha value is -2.20. The van der Waals surface area contributed by atoms with Gasteiger partial charge in [0.2, 0.25) is 5.95 Å². The lowest BCUT2D eigenvalue weighted by Crippen LogP contribution is -2.25. The Morgan fingerprint density at radius 2 is 1.83 bits per heavy atom. The lowest BCUT2D eigenvalue weighted by molar-refractivity contribution is -0.192. The van der Waals surface area contributed by atoms with Gasteiger partial charge in [-0.2, -0.15) is 24.5 Å². The van der Waals surface area contributed by atoms with E-state index < -0.39 is 12.1 Å². The Balaban J connectivity index is 0.000000318. The Morgan fingerprint density at radius 1 is 1.17 bits per heavy atom. The van der Waals surface area contributed by atoms with Crippen molar-refractivity contribution in [2.45, 2.75) is 45.3 Å². The van der Waals surface area contributed by atoms with Gasteiger partial charge in [-0.15, -0.1) is 0 Å². The van der Waals surface area contributed by atoms with Crippen molar-refractivity contribution in [3.63, 3.8) is 0 Å². The number of halogens is 3. The predicted molar refractivity (Wildman–Crippen MR) is 109 cm³/mol. The van der Waals surface area contributed by atoms with Crippen LogP contribution in [0.1, 0.15) is 35.4 Å². The molecule has 10 heteroatoms. The molecular formula is C20H25F3N4O2S. The number of carbonyl (C=O) groups is 1. The van der Waals surface area contributed by atoms with Crippen LogP contribution in [0.15, 0.2) is 16.8 Å². The maximum absolute atomic E-state index is 10.6. The quantitative estimate of drug-likeness (QED) is 0.782. The monoisotopic (exact) mass is 442 g/mol. The van der Waals surface area contributed by atoms with Crippen LogP contribution in [0.5, 0.6) is 0 Å². The zero-order valence-corrected chi connectivity index (χ0v) is 17.6. The van der Waals surface area contributed by atoms with E-state index in [-0.39, 0.29) is 0 Å². The largest absolute Gasteiger partial charge is 0.490 e. The third-order valence-corrected chi connectivity index (χ3v) is 5.98. The topological polar surface area (TPSA) is 69.6 Å². The molecule has 0 saturated carbocycles. The van der Waals surface area contributed by atoms with Gasteiger partial charge in [0.1, 0.15) is 0 Å². The van der Waals surface area contributed by atoms with Gasteiger partial charge in [-0.25, -0.2) is 14.8 Å². The molecule has 2 aliphatic heterocycles. The smallest absolute Gasteiger partial charge is 0.475 e. The molecular weight excluding hydrogens is 417 g/mol. The van der Waals surface area contributed by atoms with E-state index in [9.17, 15) is 13.2 Å². The highest BCUT2D eigenvalue weighted by Crippen LogP contribution is 2.23. The molecule has 6 nitrogen and oxygen atoms in total. The van der Waals surface area contributed by atoms with Crippen LogP contribution in [-0.2, 0) is 24.2 Å². The second kappa shape index (κ2) is 9.74. The van der Waals surface area contributed by atoms with Gasteiger partial charge in [0.05, 0.1) is 5.69 Å². The molecule has 2 aromatic rings. The minimum atomic E-state index is -5.08. The Bertz CT molecular complexity index is 852. The molecule has 0 bridgehead atoms. The van der Waals surface area contributed by atoms with Gasteiger partial charge in [0.15, 0.2) is 0 Å². The highest BCUT2D eigenvalue weighted by Gasteiger charge is 2.38. The molecule has 4 rings (SSSR count). The van der Waals surface area contributed by atoms with E-state index in [1.807, 2.05) is 0 Å². The van der Waals surface area contributed by atoms with Crippen molar-refractivity contribution < 1.29 is 23.1 Å². The third kappa shape index (κ3) is 5.91. The molecule has 0 aliphatic carbocycles. The standard InChI is InChI=1S/C18H24N4S.C2HF3O2/c1-14-16-4-9-21(12-15-6-11-23-13-15)10-5-17(16)20-18(19-14)22-7-2-3-8-22;3-2(4,5)1(6)7/h6,11,13H,2-5,7-10,12H2,1H3;(H,6,7). The SMILES string of the molecule is Cc1nc(N2CCCC2)nc2c1CCN(Cc1ccsc1)CC2.O=C(O)C(F)(F)F. The van der Waals surface area contributed by atoms with Crippen LogP contribution in [0, 0.1) is 6.92 Å². The fraction of sp³-hybridized carbons (Fsp3) is 0.550. The number of aromatic nitrogens is 2. The van der Waals surface area contributed by atoms with Crippen molar-refractivity contribution in [2.24, 2.45) is 0 Å². The van der Waals surface area contributed by atoms with Gasteiger partial charge >= 0.3 is 12.1 Å². The van der Waals surface area contributed by atoms with E-state index in [2.05, 4.69) is 33.6 Å². The summed E-state index contributed by atoms with van der Waals surface area (Å²) in [6.07, 6.45) is -0.420. The number of rotatable bonds is 3. The molecule has 1 N–H and O–H groups in total. The Labute approximate surface area is 177 Å². The number of aliphatic carboxylic acids is 1. The summed E-state index contributed by atoms with van der Waals surface area (Å²) in [4.78, 5) is 23.5. The molecule has 0 amide bonds. The summed E-state index contributed by atoms with van der Waals surface area (Å²) in [7, 11) is 0. The van der Waals surface area contributed by atoms with E-state index >= 15 is 0 Å². The van der Waals surface area contributed by atoms with Gasteiger partial charge in [0, 0.05) is 44.8 Å². The van der Waals surface area contributed by atoms with Gasteiger partial charge in [-0.05, 0) is 54.1 Å². The second-order valence-corrected chi connectivity index (χ2v) is 8.22. The summed E-state index contributed by atoms with van der Waals surface area (Å²) in [5.74, 6) is -1.79. The predicted octanol–water partition coefficient (Wildman–Crippen LogP) is 3.68. The fourth-order valence-corrected chi connectivity index (χ4v) is 4.33. The number of hydrogen-bond donors (Lipinski definition) is 1. The number of aryl methyl sites for hydroxylation is 1.